The highest BCUT2D eigenvalue weighted by Crippen LogP contribution is 2.10. The van der Waals surface area contributed by atoms with Gasteiger partial charge < -0.3 is 5.21 Å². The van der Waals surface area contributed by atoms with Crippen molar-refractivity contribution in [3.05, 3.63) is 65.4 Å². The van der Waals surface area contributed by atoms with Crippen molar-refractivity contribution >= 4 is 16.9 Å². The summed E-state index contributed by atoms with van der Waals surface area (Å²) in [7, 11) is 0. The molecule has 0 radical (unpaired) electrons. The second-order valence-corrected chi connectivity index (χ2v) is 3.83. The van der Waals surface area contributed by atoms with Crippen molar-refractivity contribution in [1.29, 1.82) is 0 Å². The molecule has 88 valence electrons. The molecule has 1 aromatic heterocycles. The standard InChI is InChI=1S/C13H9N3O2/c17-13(10-6-2-1-3-7-10)15-11-8-4-5-9-12(11)16(18)14-15/h1-9H. The third-order valence-corrected chi connectivity index (χ3v) is 2.70. The molecule has 2 aromatic carbocycles. The summed E-state index contributed by atoms with van der Waals surface area (Å²) in [6, 6.07) is 15.6. The van der Waals surface area contributed by atoms with Crippen LogP contribution in [0, 0.1) is 5.21 Å². The van der Waals surface area contributed by atoms with E-state index >= 15 is 0 Å². The van der Waals surface area contributed by atoms with Crippen molar-refractivity contribution in [2.45, 2.75) is 0 Å². The molecule has 0 aliphatic heterocycles. The Morgan fingerprint density at radius 3 is 2.50 bits per heavy atom. The SMILES string of the molecule is O=C(c1ccccc1)n1n[n+]([O-])c2ccccc21. The van der Waals surface area contributed by atoms with Crippen LogP contribution in [0.5, 0.6) is 0 Å². The molecule has 5 nitrogen and oxygen atoms in total. The smallest absolute Gasteiger partial charge is 0.366 e. The van der Waals surface area contributed by atoms with Crippen molar-refractivity contribution in [2.75, 3.05) is 0 Å². The molecule has 18 heavy (non-hydrogen) atoms. The molecule has 0 unspecified atom stereocenters. The van der Waals surface area contributed by atoms with Crippen LogP contribution in [0.15, 0.2) is 54.6 Å². The Hall–Kier alpha value is -2.69. The van der Waals surface area contributed by atoms with Gasteiger partial charge in [0.1, 0.15) is 5.21 Å². The van der Waals surface area contributed by atoms with E-state index in [2.05, 4.69) is 5.21 Å². The van der Waals surface area contributed by atoms with Gasteiger partial charge in [-0.25, -0.2) is 4.79 Å². The molecule has 0 N–H and O–H groups in total. The van der Waals surface area contributed by atoms with Gasteiger partial charge in [0, 0.05) is 0 Å². The molecule has 0 aliphatic carbocycles. The maximum absolute atomic E-state index is 12.2. The highest BCUT2D eigenvalue weighted by atomic mass is 16.5. The second kappa shape index (κ2) is 3.96. The summed E-state index contributed by atoms with van der Waals surface area (Å²) < 4.78 is 1.12. The first-order valence-corrected chi connectivity index (χ1v) is 5.45. The predicted octanol–water partition coefficient (Wildman–Crippen LogP) is 1.36. The van der Waals surface area contributed by atoms with Gasteiger partial charge in [0.25, 0.3) is 0 Å². The number of carbonyl (C=O) groups is 1. The third kappa shape index (κ3) is 1.53. The molecule has 0 saturated carbocycles. The minimum atomic E-state index is -0.318. The van der Waals surface area contributed by atoms with Gasteiger partial charge in [0.2, 0.25) is 11.0 Å². The highest BCUT2D eigenvalue weighted by molar-refractivity contribution is 5.99. The van der Waals surface area contributed by atoms with E-state index in [0.29, 0.717) is 21.4 Å². The maximum atomic E-state index is 12.2. The van der Waals surface area contributed by atoms with E-state index in [4.69, 9.17) is 0 Å². The molecule has 0 amide bonds. The van der Waals surface area contributed by atoms with Gasteiger partial charge in [0.15, 0.2) is 0 Å². The first kappa shape index (κ1) is 10.5. The molecule has 0 aliphatic rings. The van der Waals surface area contributed by atoms with Crippen LogP contribution >= 0.6 is 0 Å². The fourth-order valence-corrected chi connectivity index (χ4v) is 1.84. The fourth-order valence-electron chi connectivity index (χ4n) is 1.84. The number of fused-ring (bicyclic) bond motifs is 1. The third-order valence-electron chi connectivity index (χ3n) is 2.70. The van der Waals surface area contributed by atoms with Crippen molar-refractivity contribution in [2.24, 2.45) is 0 Å². The molecule has 0 atom stereocenters. The van der Waals surface area contributed by atoms with E-state index in [1.54, 1.807) is 48.5 Å². The van der Waals surface area contributed by atoms with Crippen molar-refractivity contribution in [3.8, 4) is 0 Å². The molecule has 3 rings (SSSR count). The summed E-state index contributed by atoms with van der Waals surface area (Å²) >= 11 is 0. The lowest BCUT2D eigenvalue weighted by Gasteiger charge is -1.94. The lowest BCUT2D eigenvalue weighted by molar-refractivity contribution is -0.645. The molecule has 1 heterocycles. The molecule has 0 fully saturated rings. The largest absolute Gasteiger partial charge is 0.691 e. The summed E-state index contributed by atoms with van der Waals surface area (Å²) in [5, 5.41) is 15.3. The van der Waals surface area contributed by atoms with E-state index in [-0.39, 0.29) is 5.91 Å². The van der Waals surface area contributed by atoms with E-state index in [9.17, 15) is 10.0 Å². The van der Waals surface area contributed by atoms with E-state index in [1.165, 1.54) is 0 Å². The summed E-state index contributed by atoms with van der Waals surface area (Å²) in [5.74, 6) is -0.318. The monoisotopic (exact) mass is 239 g/mol. The topological polar surface area (TPSA) is 61.8 Å². The zero-order valence-corrected chi connectivity index (χ0v) is 9.35. The zero-order valence-electron chi connectivity index (χ0n) is 9.35. The normalized spacial score (nSPS) is 10.7. The maximum Gasteiger partial charge on any atom is 0.366 e. The quantitative estimate of drug-likeness (QED) is 0.475. The second-order valence-electron chi connectivity index (χ2n) is 3.83. The number of nitrogens with zero attached hydrogens (tertiary/aromatic N) is 3. The van der Waals surface area contributed by atoms with Crippen molar-refractivity contribution < 1.29 is 9.64 Å². The van der Waals surface area contributed by atoms with Crippen molar-refractivity contribution in [3.63, 3.8) is 0 Å². The summed E-state index contributed by atoms with van der Waals surface area (Å²) in [6.45, 7) is 0. The number of hydrogen-bond acceptors (Lipinski definition) is 3. The predicted molar refractivity (Wildman–Crippen MR) is 64.9 cm³/mol. The van der Waals surface area contributed by atoms with Crippen LogP contribution in [0.2, 0.25) is 0 Å². The summed E-state index contributed by atoms with van der Waals surface area (Å²) in [4.78, 5) is 12.7. The van der Waals surface area contributed by atoms with Gasteiger partial charge in [-0.3, -0.25) is 0 Å². The molecule has 5 heteroatoms. The summed E-state index contributed by atoms with van der Waals surface area (Å²) in [5.41, 5.74) is 1.37. The van der Waals surface area contributed by atoms with Gasteiger partial charge >= 0.3 is 5.91 Å². The highest BCUT2D eigenvalue weighted by Gasteiger charge is 2.21. The van der Waals surface area contributed by atoms with Crippen LogP contribution < -0.4 is 4.85 Å². The van der Waals surface area contributed by atoms with Crippen LogP contribution in [0.25, 0.3) is 11.0 Å². The first-order chi connectivity index (χ1) is 8.77. The van der Waals surface area contributed by atoms with Crippen LogP contribution in [0.1, 0.15) is 10.4 Å². The van der Waals surface area contributed by atoms with Gasteiger partial charge in [-0.05, 0) is 24.3 Å². The van der Waals surface area contributed by atoms with Crippen LogP contribution in [-0.2, 0) is 0 Å². The Morgan fingerprint density at radius 2 is 1.72 bits per heavy atom. The van der Waals surface area contributed by atoms with Gasteiger partial charge in [-0.15, -0.1) is 4.85 Å². The molecule has 0 spiro atoms. The van der Waals surface area contributed by atoms with E-state index in [1.807, 2.05) is 6.07 Å². The van der Waals surface area contributed by atoms with Crippen molar-refractivity contribution in [1.82, 2.24) is 9.90 Å². The minimum Gasteiger partial charge on any atom is -0.691 e. The fraction of sp³-hybridized carbons (Fsp3) is 0. The van der Waals surface area contributed by atoms with E-state index < -0.39 is 0 Å². The van der Waals surface area contributed by atoms with Gasteiger partial charge in [0.05, 0.1) is 5.56 Å². The lowest BCUT2D eigenvalue weighted by Crippen LogP contribution is -2.31. The first-order valence-electron chi connectivity index (χ1n) is 5.45. The van der Waals surface area contributed by atoms with Gasteiger partial charge in [-0.1, -0.05) is 35.0 Å². The number of hydrogen-bond donors (Lipinski definition) is 0. The number of aromatic nitrogens is 3. The van der Waals surface area contributed by atoms with Crippen LogP contribution in [0.4, 0.5) is 0 Å². The average molecular weight is 239 g/mol. The molecular formula is C13H9N3O2. The number of para-hydroxylation sites is 2. The van der Waals surface area contributed by atoms with E-state index in [0.717, 1.165) is 4.68 Å². The number of benzene rings is 2. The Balaban J connectivity index is 2.19. The summed E-state index contributed by atoms with van der Waals surface area (Å²) in [6.07, 6.45) is 0. The Morgan fingerprint density at radius 1 is 1.06 bits per heavy atom. The Labute approximate surface area is 102 Å². The molecule has 0 saturated heterocycles. The van der Waals surface area contributed by atoms with Crippen LogP contribution in [0.3, 0.4) is 0 Å². The Kier molecular flexibility index (Phi) is 2.30. The molecule has 0 bridgehead atoms. The molecular weight excluding hydrogens is 230 g/mol. The zero-order chi connectivity index (χ0) is 12.5. The van der Waals surface area contributed by atoms with Crippen LogP contribution in [-0.4, -0.2) is 15.8 Å². The lowest BCUT2D eigenvalue weighted by atomic mass is 10.2. The number of carbonyl (C=O) groups excluding carboxylic acids is 1. The average Bonchev–Trinajstić information content (AvgIpc) is 2.77. The minimum absolute atomic E-state index is 0.318. The van der Waals surface area contributed by atoms with Gasteiger partial charge in [-0.2, -0.15) is 0 Å². The Bertz CT molecular complexity index is 719. The molecule has 3 aromatic rings. The number of rotatable bonds is 1.